The zero-order valence-corrected chi connectivity index (χ0v) is 9.35. The van der Waals surface area contributed by atoms with Crippen LogP contribution in [0, 0.1) is 6.92 Å². The molecule has 4 nitrogen and oxygen atoms in total. The number of hydrogen-bond donors (Lipinski definition) is 4. The van der Waals surface area contributed by atoms with E-state index in [0.29, 0.717) is 17.9 Å². The van der Waals surface area contributed by atoms with E-state index >= 15 is 0 Å². The summed E-state index contributed by atoms with van der Waals surface area (Å²) in [6.45, 7) is 1.75. The summed E-state index contributed by atoms with van der Waals surface area (Å²) in [5.41, 5.74) is 0.796. The number of aromatic hydroxyl groups is 1. The quantitative estimate of drug-likeness (QED) is 0.576. The normalized spacial score (nSPS) is 14.9. The van der Waals surface area contributed by atoms with Crippen molar-refractivity contribution in [1.29, 1.82) is 0 Å². The number of rotatable bonds is 4. The SMILES string of the molecule is Cc1ccc(O)c(C(O)C(O)CCS)n1. The van der Waals surface area contributed by atoms with Crippen LogP contribution in [-0.2, 0) is 0 Å². The van der Waals surface area contributed by atoms with Gasteiger partial charge in [0.1, 0.15) is 17.5 Å². The van der Waals surface area contributed by atoms with Crippen LogP contribution < -0.4 is 0 Å². The van der Waals surface area contributed by atoms with E-state index in [4.69, 9.17) is 0 Å². The van der Waals surface area contributed by atoms with Crippen molar-refractivity contribution in [3.63, 3.8) is 0 Å². The molecule has 1 aromatic heterocycles. The van der Waals surface area contributed by atoms with Crippen LogP contribution in [-0.4, -0.2) is 32.2 Å². The lowest BCUT2D eigenvalue weighted by atomic mass is 10.1. The van der Waals surface area contributed by atoms with Gasteiger partial charge in [-0.2, -0.15) is 12.6 Å². The topological polar surface area (TPSA) is 73.6 Å². The summed E-state index contributed by atoms with van der Waals surface area (Å²) in [7, 11) is 0. The summed E-state index contributed by atoms with van der Waals surface area (Å²) in [4.78, 5) is 3.99. The minimum atomic E-state index is -1.17. The van der Waals surface area contributed by atoms with Crippen LogP contribution in [0.4, 0.5) is 0 Å². The number of aromatic nitrogens is 1. The Hall–Kier alpha value is -0.780. The van der Waals surface area contributed by atoms with Crippen LogP contribution in [0.15, 0.2) is 12.1 Å². The fourth-order valence-corrected chi connectivity index (χ4v) is 1.52. The van der Waals surface area contributed by atoms with Crippen molar-refractivity contribution in [3.8, 4) is 5.75 Å². The Bertz CT molecular complexity index is 332. The first kappa shape index (κ1) is 12.3. The Kier molecular flexibility index (Phi) is 4.38. The molecule has 2 unspecified atom stereocenters. The fraction of sp³-hybridized carbons (Fsp3) is 0.500. The maximum Gasteiger partial charge on any atom is 0.139 e. The van der Waals surface area contributed by atoms with E-state index in [2.05, 4.69) is 17.6 Å². The highest BCUT2D eigenvalue weighted by atomic mass is 32.1. The molecular formula is C10H15NO3S. The fourth-order valence-electron chi connectivity index (χ4n) is 1.26. The van der Waals surface area contributed by atoms with E-state index in [-0.39, 0.29) is 11.4 Å². The van der Waals surface area contributed by atoms with Crippen molar-refractivity contribution in [3.05, 3.63) is 23.5 Å². The summed E-state index contributed by atoms with van der Waals surface area (Å²) < 4.78 is 0. The predicted molar refractivity (Wildman–Crippen MR) is 60.1 cm³/mol. The van der Waals surface area contributed by atoms with Crippen molar-refractivity contribution in [2.75, 3.05) is 5.75 Å². The molecule has 1 heterocycles. The van der Waals surface area contributed by atoms with Crippen molar-refractivity contribution < 1.29 is 15.3 Å². The van der Waals surface area contributed by atoms with Gasteiger partial charge < -0.3 is 15.3 Å². The number of aliphatic hydroxyl groups is 2. The minimum absolute atomic E-state index is 0.105. The molecule has 0 spiro atoms. The average molecular weight is 229 g/mol. The highest BCUT2D eigenvalue weighted by Gasteiger charge is 2.22. The van der Waals surface area contributed by atoms with Gasteiger partial charge in [-0.25, -0.2) is 0 Å². The summed E-state index contributed by atoms with van der Waals surface area (Å²) in [6.07, 6.45) is -1.78. The second-order valence-electron chi connectivity index (χ2n) is 3.38. The van der Waals surface area contributed by atoms with Crippen LogP contribution in [0.2, 0.25) is 0 Å². The number of aliphatic hydroxyl groups excluding tert-OH is 2. The third-order valence-electron chi connectivity index (χ3n) is 2.11. The molecule has 0 aliphatic carbocycles. The van der Waals surface area contributed by atoms with Crippen molar-refractivity contribution in [2.45, 2.75) is 25.6 Å². The molecule has 0 saturated heterocycles. The van der Waals surface area contributed by atoms with Gasteiger partial charge in [-0.05, 0) is 31.2 Å². The van der Waals surface area contributed by atoms with Gasteiger partial charge >= 0.3 is 0 Å². The van der Waals surface area contributed by atoms with Crippen LogP contribution in [0.1, 0.15) is 23.9 Å². The number of pyridine rings is 1. The minimum Gasteiger partial charge on any atom is -0.506 e. The maximum atomic E-state index is 9.72. The molecule has 3 N–H and O–H groups in total. The third kappa shape index (κ3) is 3.09. The molecule has 0 aliphatic rings. The Morgan fingerprint density at radius 1 is 1.40 bits per heavy atom. The summed E-state index contributed by atoms with van der Waals surface area (Å²) >= 11 is 3.96. The predicted octanol–water partition coefficient (Wildman–Crippen LogP) is 0.810. The highest BCUT2D eigenvalue weighted by Crippen LogP contribution is 2.25. The van der Waals surface area contributed by atoms with Crippen molar-refractivity contribution in [1.82, 2.24) is 4.98 Å². The van der Waals surface area contributed by atoms with Gasteiger partial charge in [-0.1, -0.05) is 0 Å². The van der Waals surface area contributed by atoms with Gasteiger partial charge in [-0.15, -0.1) is 0 Å². The Morgan fingerprint density at radius 3 is 2.67 bits per heavy atom. The molecule has 15 heavy (non-hydrogen) atoms. The first-order chi connectivity index (χ1) is 7.06. The smallest absolute Gasteiger partial charge is 0.139 e. The van der Waals surface area contributed by atoms with Gasteiger partial charge in [0.15, 0.2) is 0 Å². The summed E-state index contributed by atoms with van der Waals surface area (Å²) in [5.74, 6) is 0.358. The molecule has 1 rings (SSSR count). The molecule has 1 aromatic rings. The van der Waals surface area contributed by atoms with Crippen LogP contribution in [0.5, 0.6) is 5.75 Å². The zero-order chi connectivity index (χ0) is 11.4. The molecule has 0 aliphatic heterocycles. The van der Waals surface area contributed by atoms with Gasteiger partial charge in [0, 0.05) is 5.69 Å². The summed E-state index contributed by atoms with van der Waals surface area (Å²) in [5, 5.41) is 28.7. The molecule has 5 heteroatoms. The number of thiol groups is 1. The lowest BCUT2D eigenvalue weighted by Crippen LogP contribution is -2.20. The molecule has 0 amide bonds. The molecule has 0 aromatic carbocycles. The maximum absolute atomic E-state index is 9.72. The molecule has 0 fully saturated rings. The number of nitrogens with zero attached hydrogens (tertiary/aromatic N) is 1. The summed E-state index contributed by atoms with van der Waals surface area (Å²) in [6, 6.07) is 3.09. The molecule has 0 saturated carbocycles. The molecular weight excluding hydrogens is 214 g/mol. The first-order valence-corrected chi connectivity index (χ1v) is 5.33. The first-order valence-electron chi connectivity index (χ1n) is 4.69. The van der Waals surface area contributed by atoms with Crippen LogP contribution in [0.3, 0.4) is 0 Å². The van der Waals surface area contributed by atoms with Gasteiger partial charge in [0.05, 0.1) is 6.10 Å². The van der Waals surface area contributed by atoms with Crippen LogP contribution >= 0.6 is 12.6 Å². The van der Waals surface area contributed by atoms with Crippen molar-refractivity contribution in [2.24, 2.45) is 0 Å². The number of aryl methyl sites for hydroxylation is 1. The lowest BCUT2D eigenvalue weighted by molar-refractivity contribution is 0.0132. The molecule has 2 atom stereocenters. The number of hydrogen-bond acceptors (Lipinski definition) is 5. The van der Waals surface area contributed by atoms with E-state index < -0.39 is 12.2 Å². The second-order valence-corrected chi connectivity index (χ2v) is 3.83. The Balaban J connectivity index is 2.89. The standard InChI is InChI=1S/C10H15NO3S/c1-6-2-3-7(12)9(11-6)10(14)8(13)4-5-15/h2-3,8,10,12-15H,4-5H2,1H3. The van der Waals surface area contributed by atoms with E-state index in [1.54, 1.807) is 13.0 Å². The second kappa shape index (κ2) is 5.34. The Morgan fingerprint density at radius 2 is 2.07 bits per heavy atom. The molecule has 84 valence electrons. The van der Waals surface area contributed by atoms with Gasteiger partial charge in [0.2, 0.25) is 0 Å². The molecule has 0 bridgehead atoms. The zero-order valence-electron chi connectivity index (χ0n) is 8.46. The average Bonchev–Trinajstić information content (AvgIpc) is 2.21. The van der Waals surface area contributed by atoms with E-state index in [0.717, 1.165) is 0 Å². The van der Waals surface area contributed by atoms with E-state index in [9.17, 15) is 15.3 Å². The largest absolute Gasteiger partial charge is 0.506 e. The van der Waals surface area contributed by atoms with Crippen LogP contribution in [0.25, 0.3) is 0 Å². The third-order valence-corrected chi connectivity index (χ3v) is 2.37. The van der Waals surface area contributed by atoms with Crippen molar-refractivity contribution >= 4 is 12.6 Å². The van der Waals surface area contributed by atoms with Gasteiger partial charge in [0.25, 0.3) is 0 Å². The van der Waals surface area contributed by atoms with E-state index in [1.807, 2.05) is 0 Å². The Labute approximate surface area is 94.0 Å². The van der Waals surface area contributed by atoms with Gasteiger partial charge in [-0.3, -0.25) is 4.98 Å². The highest BCUT2D eigenvalue weighted by molar-refractivity contribution is 7.80. The molecule has 0 radical (unpaired) electrons. The monoisotopic (exact) mass is 229 g/mol. The van der Waals surface area contributed by atoms with E-state index in [1.165, 1.54) is 6.07 Å². The lowest BCUT2D eigenvalue weighted by Gasteiger charge is -2.17.